The third-order valence-corrected chi connectivity index (χ3v) is 7.02. The second kappa shape index (κ2) is 7.58. The number of amides is 1. The van der Waals surface area contributed by atoms with Crippen LogP contribution < -0.4 is 10.1 Å². The van der Waals surface area contributed by atoms with Crippen molar-refractivity contribution in [3.63, 3.8) is 0 Å². The summed E-state index contributed by atoms with van der Waals surface area (Å²) in [5, 5.41) is 12.8. The number of hydrogen-bond donors (Lipinski definition) is 2. The summed E-state index contributed by atoms with van der Waals surface area (Å²) in [6.45, 7) is 8.24. The number of halogens is 2. The number of methoxy groups -OCH3 is 1. The molecule has 2 N–H and O–H groups in total. The van der Waals surface area contributed by atoms with Crippen molar-refractivity contribution in [3.05, 3.63) is 18.0 Å². The minimum absolute atomic E-state index is 0.0499. The Morgan fingerprint density at radius 3 is 2.60 bits per heavy atom. The van der Waals surface area contributed by atoms with Crippen molar-refractivity contribution in [3.8, 4) is 11.5 Å². The average molecular weight is 389 g/mol. The molecule has 1 fully saturated rings. The summed E-state index contributed by atoms with van der Waals surface area (Å²) < 4.78 is 5.04. The van der Waals surface area contributed by atoms with Crippen LogP contribution in [0.1, 0.15) is 44.6 Å². The first-order valence-corrected chi connectivity index (χ1v) is 9.28. The standard InChI is InChI=1S/C18H26Cl2N2O3/c1-9-10(2)13(19)16(20)18(3,4)8-11(9)22-17(24)14-15(23)12(25-5)6-7-21-14/h6-7,9-11,13,16,23H,8H2,1-5H3,(H,22,24)/t9-,10-,11?,13?,16?/m1/s1. The highest BCUT2D eigenvalue weighted by Crippen LogP contribution is 2.44. The van der Waals surface area contributed by atoms with Gasteiger partial charge in [0, 0.05) is 18.3 Å². The smallest absolute Gasteiger partial charge is 0.274 e. The molecule has 0 saturated heterocycles. The van der Waals surface area contributed by atoms with Gasteiger partial charge in [0.05, 0.1) is 17.9 Å². The van der Waals surface area contributed by atoms with Gasteiger partial charge in [-0.25, -0.2) is 4.98 Å². The van der Waals surface area contributed by atoms with Crippen molar-refractivity contribution in [1.29, 1.82) is 0 Å². The quantitative estimate of drug-likeness (QED) is 0.609. The van der Waals surface area contributed by atoms with Crippen LogP contribution in [0.5, 0.6) is 11.5 Å². The Kier molecular flexibility index (Phi) is 6.10. The molecule has 1 amide bonds. The number of aromatic nitrogens is 1. The summed E-state index contributed by atoms with van der Waals surface area (Å²) in [4.78, 5) is 16.7. The van der Waals surface area contributed by atoms with E-state index in [0.29, 0.717) is 6.42 Å². The van der Waals surface area contributed by atoms with Crippen LogP contribution in [-0.2, 0) is 0 Å². The van der Waals surface area contributed by atoms with Crippen molar-refractivity contribution in [2.24, 2.45) is 17.3 Å². The van der Waals surface area contributed by atoms with Crippen LogP contribution >= 0.6 is 23.2 Å². The summed E-state index contributed by atoms with van der Waals surface area (Å²) in [6.07, 6.45) is 2.12. The molecule has 0 spiro atoms. The number of alkyl halides is 2. The zero-order valence-electron chi connectivity index (χ0n) is 15.2. The van der Waals surface area contributed by atoms with E-state index in [4.69, 9.17) is 27.9 Å². The molecule has 0 aromatic carbocycles. The molecular weight excluding hydrogens is 363 g/mol. The van der Waals surface area contributed by atoms with E-state index < -0.39 is 5.91 Å². The van der Waals surface area contributed by atoms with E-state index in [2.05, 4.69) is 38.0 Å². The molecule has 0 aliphatic heterocycles. The van der Waals surface area contributed by atoms with Gasteiger partial charge in [-0.3, -0.25) is 4.79 Å². The van der Waals surface area contributed by atoms with Crippen LogP contribution in [0.4, 0.5) is 0 Å². The molecular formula is C18H26Cl2N2O3. The molecule has 1 heterocycles. The lowest BCUT2D eigenvalue weighted by Crippen LogP contribution is -2.43. The Hall–Kier alpha value is -1.20. The third-order valence-electron chi connectivity index (χ3n) is 5.38. The largest absolute Gasteiger partial charge is 0.503 e. The van der Waals surface area contributed by atoms with Gasteiger partial charge in [0.15, 0.2) is 17.2 Å². The fourth-order valence-corrected chi connectivity index (χ4v) is 4.29. The predicted octanol–water partition coefficient (Wildman–Crippen LogP) is 3.81. The summed E-state index contributed by atoms with van der Waals surface area (Å²) in [6, 6.07) is 1.37. The van der Waals surface area contributed by atoms with E-state index in [-0.39, 0.29) is 51.2 Å². The van der Waals surface area contributed by atoms with Crippen LogP contribution in [0.15, 0.2) is 12.3 Å². The normalized spacial score (nSPS) is 31.9. The van der Waals surface area contributed by atoms with Crippen LogP contribution in [0, 0.1) is 17.3 Å². The highest BCUT2D eigenvalue weighted by Gasteiger charge is 2.45. The Morgan fingerprint density at radius 2 is 2.00 bits per heavy atom. The molecule has 1 aromatic rings. The maximum Gasteiger partial charge on any atom is 0.274 e. The fraction of sp³-hybridized carbons (Fsp3) is 0.667. The van der Waals surface area contributed by atoms with Gasteiger partial charge in [-0.05, 0) is 23.7 Å². The SMILES string of the molecule is COc1ccnc(C(=O)NC2CC(C)(C)C(Cl)C(Cl)[C@H](C)[C@H]2C)c1O. The summed E-state index contributed by atoms with van der Waals surface area (Å²) in [7, 11) is 1.43. The molecule has 1 aliphatic carbocycles. The number of ether oxygens (including phenoxy) is 1. The number of carbonyl (C=O) groups excluding carboxylic acids is 1. The van der Waals surface area contributed by atoms with E-state index in [0.717, 1.165) is 0 Å². The number of nitrogens with zero attached hydrogens (tertiary/aromatic N) is 1. The zero-order chi connectivity index (χ0) is 18.9. The monoisotopic (exact) mass is 388 g/mol. The van der Waals surface area contributed by atoms with Gasteiger partial charge >= 0.3 is 0 Å². The third kappa shape index (κ3) is 3.98. The number of hydrogen-bond acceptors (Lipinski definition) is 4. The second-order valence-corrected chi connectivity index (χ2v) is 8.52. The summed E-state index contributed by atoms with van der Waals surface area (Å²) in [5.74, 6) is -0.230. The Morgan fingerprint density at radius 1 is 1.36 bits per heavy atom. The molecule has 7 heteroatoms. The molecule has 0 bridgehead atoms. The predicted molar refractivity (Wildman–Crippen MR) is 99.7 cm³/mol. The average Bonchev–Trinajstić information content (AvgIpc) is 2.62. The molecule has 2 rings (SSSR count). The summed E-state index contributed by atoms with van der Waals surface area (Å²) in [5.41, 5.74) is -0.291. The van der Waals surface area contributed by atoms with E-state index in [1.165, 1.54) is 19.4 Å². The summed E-state index contributed by atoms with van der Waals surface area (Å²) >= 11 is 13.2. The van der Waals surface area contributed by atoms with Crippen LogP contribution in [-0.4, -0.2) is 39.9 Å². The number of aromatic hydroxyl groups is 1. The van der Waals surface area contributed by atoms with Crippen LogP contribution in [0.25, 0.3) is 0 Å². The van der Waals surface area contributed by atoms with Gasteiger partial charge in [0.1, 0.15) is 0 Å². The molecule has 1 aromatic heterocycles. The lowest BCUT2D eigenvalue weighted by molar-refractivity contribution is 0.0896. The molecule has 0 radical (unpaired) electrons. The van der Waals surface area contributed by atoms with Gasteiger partial charge in [-0.15, -0.1) is 23.2 Å². The lowest BCUT2D eigenvalue weighted by atomic mass is 9.82. The minimum Gasteiger partial charge on any atom is -0.503 e. The maximum absolute atomic E-state index is 12.7. The van der Waals surface area contributed by atoms with Crippen LogP contribution in [0.3, 0.4) is 0 Å². The second-order valence-electron chi connectivity index (χ2n) is 7.55. The fourth-order valence-electron chi connectivity index (χ4n) is 3.41. The molecule has 25 heavy (non-hydrogen) atoms. The molecule has 5 nitrogen and oxygen atoms in total. The number of nitrogens with one attached hydrogen (secondary N) is 1. The van der Waals surface area contributed by atoms with Gasteiger partial charge in [0.2, 0.25) is 0 Å². The van der Waals surface area contributed by atoms with Crippen molar-refractivity contribution >= 4 is 29.1 Å². The van der Waals surface area contributed by atoms with E-state index >= 15 is 0 Å². The number of carbonyl (C=O) groups is 1. The van der Waals surface area contributed by atoms with Gasteiger partial charge < -0.3 is 15.2 Å². The van der Waals surface area contributed by atoms with E-state index in [1.807, 2.05) is 0 Å². The maximum atomic E-state index is 12.7. The van der Waals surface area contributed by atoms with Gasteiger partial charge in [-0.2, -0.15) is 0 Å². The topological polar surface area (TPSA) is 71.5 Å². The zero-order valence-corrected chi connectivity index (χ0v) is 16.7. The molecule has 1 aliphatic rings. The molecule has 5 atom stereocenters. The Balaban J connectivity index is 2.27. The lowest BCUT2D eigenvalue weighted by Gasteiger charge is -2.32. The van der Waals surface area contributed by atoms with Crippen LogP contribution in [0.2, 0.25) is 0 Å². The van der Waals surface area contributed by atoms with E-state index in [9.17, 15) is 9.90 Å². The highest BCUT2D eigenvalue weighted by atomic mass is 35.5. The first-order chi connectivity index (χ1) is 11.6. The Bertz CT molecular complexity index is 639. The van der Waals surface area contributed by atoms with Gasteiger partial charge in [-0.1, -0.05) is 27.7 Å². The number of rotatable bonds is 3. The van der Waals surface area contributed by atoms with Crippen molar-refractivity contribution in [1.82, 2.24) is 10.3 Å². The van der Waals surface area contributed by atoms with E-state index in [1.54, 1.807) is 0 Å². The first kappa shape index (κ1) is 20.1. The van der Waals surface area contributed by atoms with Crippen molar-refractivity contribution in [2.45, 2.75) is 50.9 Å². The minimum atomic E-state index is -0.435. The van der Waals surface area contributed by atoms with Gasteiger partial charge in [0.25, 0.3) is 5.91 Å². The van der Waals surface area contributed by atoms with Crippen molar-refractivity contribution < 1.29 is 14.6 Å². The molecule has 3 unspecified atom stereocenters. The van der Waals surface area contributed by atoms with Crippen molar-refractivity contribution in [2.75, 3.05) is 7.11 Å². The highest BCUT2D eigenvalue weighted by molar-refractivity contribution is 6.30. The Labute approximate surface area is 159 Å². The number of pyridine rings is 1. The molecule has 1 saturated carbocycles. The first-order valence-electron chi connectivity index (χ1n) is 8.41. The molecule has 140 valence electrons.